The summed E-state index contributed by atoms with van der Waals surface area (Å²) >= 11 is 5.60. The molecule has 0 saturated carbocycles. The normalized spacial score (nSPS) is 10.6. The van der Waals surface area contributed by atoms with Gasteiger partial charge in [0.2, 0.25) is 0 Å². The van der Waals surface area contributed by atoms with Crippen molar-refractivity contribution in [1.29, 1.82) is 0 Å². The van der Waals surface area contributed by atoms with Gasteiger partial charge >= 0.3 is 0 Å². The van der Waals surface area contributed by atoms with Crippen LogP contribution in [-0.4, -0.2) is 29.1 Å². The molecule has 0 spiro atoms. The topological polar surface area (TPSA) is 15.3 Å². The highest BCUT2D eigenvalue weighted by molar-refractivity contribution is 7.80. The second kappa shape index (κ2) is 9.31. The minimum atomic E-state index is 0.360. The van der Waals surface area contributed by atoms with Crippen LogP contribution in [0, 0.1) is 0 Å². The molecule has 2 rings (SSSR count). The fourth-order valence-corrected chi connectivity index (χ4v) is 2.89. The Labute approximate surface area is 145 Å². The fourth-order valence-electron chi connectivity index (χ4n) is 2.47. The summed E-state index contributed by atoms with van der Waals surface area (Å²) in [5.41, 5.74) is 2.70. The first-order chi connectivity index (χ1) is 11.1. The van der Waals surface area contributed by atoms with E-state index in [4.69, 9.17) is 12.2 Å². The van der Waals surface area contributed by atoms with Crippen LogP contribution in [0.4, 0.5) is 0 Å². The van der Waals surface area contributed by atoms with Crippen LogP contribution in [0.3, 0.4) is 0 Å². The summed E-state index contributed by atoms with van der Waals surface area (Å²) in [6, 6.07) is 21.5. The quantitative estimate of drug-likeness (QED) is 0.773. The molecule has 0 saturated heterocycles. The van der Waals surface area contributed by atoms with Crippen molar-refractivity contribution in [2.45, 2.75) is 32.7 Å². The van der Waals surface area contributed by atoms with Crippen LogP contribution in [0.5, 0.6) is 0 Å². The summed E-state index contributed by atoms with van der Waals surface area (Å²) in [6.07, 6.45) is 2.02. The Bertz CT molecular complexity index is 538. The number of hydrogen-bond acceptors (Lipinski definition) is 1. The highest BCUT2D eigenvalue weighted by Gasteiger charge is 2.10. The summed E-state index contributed by atoms with van der Waals surface area (Å²) in [4.78, 5) is 2.29. The largest absolute Gasteiger partial charge is 0.360 e. The summed E-state index contributed by atoms with van der Waals surface area (Å²) < 4.78 is 0. The molecule has 0 radical (unpaired) electrons. The first-order valence-corrected chi connectivity index (χ1v) is 8.69. The number of nitrogens with one attached hydrogen (secondary N) is 1. The summed E-state index contributed by atoms with van der Waals surface area (Å²) in [5.74, 6) is 0. The Balaban J connectivity index is 1.95. The van der Waals surface area contributed by atoms with Crippen LogP contribution in [0.15, 0.2) is 60.7 Å². The van der Waals surface area contributed by atoms with E-state index in [1.807, 2.05) is 0 Å². The van der Waals surface area contributed by atoms with Gasteiger partial charge in [-0.05, 0) is 50.0 Å². The third-order valence-electron chi connectivity index (χ3n) is 3.73. The lowest BCUT2D eigenvalue weighted by Crippen LogP contribution is -2.44. The second-order valence-corrected chi connectivity index (χ2v) is 6.45. The van der Waals surface area contributed by atoms with Crippen molar-refractivity contribution < 1.29 is 0 Å². The van der Waals surface area contributed by atoms with Crippen molar-refractivity contribution in [3.63, 3.8) is 0 Å². The molecule has 0 aromatic heterocycles. The first kappa shape index (κ1) is 17.5. The van der Waals surface area contributed by atoms with E-state index < -0.39 is 0 Å². The molecule has 2 aromatic carbocycles. The van der Waals surface area contributed by atoms with E-state index in [1.165, 1.54) is 11.1 Å². The van der Waals surface area contributed by atoms with Gasteiger partial charge in [0.05, 0.1) is 0 Å². The van der Waals surface area contributed by atoms with Crippen LogP contribution >= 0.6 is 12.2 Å². The van der Waals surface area contributed by atoms with Crippen molar-refractivity contribution in [1.82, 2.24) is 10.2 Å². The zero-order chi connectivity index (χ0) is 16.5. The molecule has 122 valence electrons. The standard InChI is InChI=1S/C20H26N2S/c1-17(2)21-20(23)22(15-13-18-9-5-3-6-10-18)16-14-19-11-7-4-8-12-19/h3-12,17H,13-16H2,1-2H3,(H,21,23). The number of rotatable bonds is 7. The molecule has 2 aromatic rings. The van der Waals surface area contributed by atoms with E-state index in [9.17, 15) is 0 Å². The van der Waals surface area contributed by atoms with Gasteiger partial charge in [0, 0.05) is 19.1 Å². The summed E-state index contributed by atoms with van der Waals surface area (Å²) in [5, 5.41) is 4.23. The zero-order valence-corrected chi connectivity index (χ0v) is 14.9. The van der Waals surface area contributed by atoms with E-state index in [2.05, 4.69) is 84.7 Å². The van der Waals surface area contributed by atoms with Gasteiger partial charge in [-0.1, -0.05) is 60.7 Å². The third-order valence-corrected chi connectivity index (χ3v) is 4.10. The smallest absolute Gasteiger partial charge is 0.169 e. The van der Waals surface area contributed by atoms with Gasteiger partial charge in [0.25, 0.3) is 0 Å². The van der Waals surface area contributed by atoms with E-state index in [1.54, 1.807) is 0 Å². The van der Waals surface area contributed by atoms with Crippen molar-refractivity contribution in [3.8, 4) is 0 Å². The Hall–Kier alpha value is -1.87. The molecule has 2 nitrogen and oxygen atoms in total. The summed E-state index contributed by atoms with van der Waals surface area (Å²) in [6.45, 7) is 6.13. The molecule has 23 heavy (non-hydrogen) atoms. The van der Waals surface area contributed by atoms with Crippen molar-refractivity contribution in [2.24, 2.45) is 0 Å². The van der Waals surface area contributed by atoms with Crippen LogP contribution in [0.25, 0.3) is 0 Å². The second-order valence-electron chi connectivity index (χ2n) is 6.06. The number of benzene rings is 2. The number of thiocarbonyl (C=S) groups is 1. The SMILES string of the molecule is CC(C)NC(=S)N(CCc1ccccc1)CCc1ccccc1. The van der Waals surface area contributed by atoms with Gasteiger partial charge in [-0.3, -0.25) is 0 Å². The molecular weight excluding hydrogens is 300 g/mol. The Morgan fingerprint density at radius 2 is 1.30 bits per heavy atom. The molecule has 3 heteroatoms. The fraction of sp³-hybridized carbons (Fsp3) is 0.350. The third kappa shape index (κ3) is 6.41. The van der Waals surface area contributed by atoms with E-state index >= 15 is 0 Å². The molecular formula is C20H26N2S. The monoisotopic (exact) mass is 326 g/mol. The molecule has 0 aliphatic heterocycles. The maximum Gasteiger partial charge on any atom is 0.169 e. The average Bonchev–Trinajstić information content (AvgIpc) is 2.56. The average molecular weight is 327 g/mol. The lowest BCUT2D eigenvalue weighted by atomic mass is 10.1. The van der Waals surface area contributed by atoms with Gasteiger partial charge < -0.3 is 10.2 Å². The first-order valence-electron chi connectivity index (χ1n) is 8.28. The van der Waals surface area contributed by atoms with Gasteiger partial charge in [-0.15, -0.1) is 0 Å². The lowest BCUT2D eigenvalue weighted by Gasteiger charge is -2.27. The van der Waals surface area contributed by atoms with Gasteiger partial charge in [-0.25, -0.2) is 0 Å². The Morgan fingerprint density at radius 3 is 1.70 bits per heavy atom. The summed E-state index contributed by atoms with van der Waals surface area (Å²) in [7, 11) is 0. The molecule has 0 fully saturated rings. The Kier molecular flexibility index (Phi) is 7.08. The van der Waals surface area contributed by atoms with E-state index in [0.717, 1.165) is 31.0 Å². The van der Waals surface area contributed by atoms with Crippen LogP contribution in [0.1, 0.15) is 25.0 Å². The maximum absolute atomic E-state index is 5.60. The lowest BCUT2D eigenvalue weighted by molar-refractivity contribution is 0.414. The molecule has 0 unspecified atom stereocenters. The highest BCUT2D eigenvalue weighted by Crippen LogP contribution is 2.06. The minimum absolute atomic E-state index is 0.360. The Morgan fingerprint density at radius 1 is 0.870 bits per heavy atom. The molecule has 0 bridgehead atoms. The molecule has 1 N–H and O–H groups in total. The predicted octanol–water partition coefficient (Wildman–Crippen LogP) is 4.06. The van der Waals surface area contributed by atoms with Crippen molar-refractivity contribution >= 4 is 17.3 Å². The van der Waals surface area contributed by atoms with Crippen LogP contribution < -0.4 is 5.32 Å². The van der Waals surface area contributed by atoms with Crippen LogP contribution in [-0.2, 0) is 12.8 Å². The van der Waals surface area contributed by atoms with Crippen LogP contribution in [0.2, 0.25) is 0 Å². The van der Waals surface area contributed by atoms with E-state index in [-0.39, 0.29) is 0 Å². The molecule has 0 aliphatic rings. The number of hydrogen-bond donors (Lipinski definition) is 1. The van der Waals surface area contributed by atoms with Gasteiger partial charge in [-0.2, -0.15) is 0 Å². The maximum atomic E-state index is 5.60. The molecule has 0 amide bonds. The molecule has 0 atom stereocenters. The number of nitrogens with zero attached hydrogens (tertiary/aromatic N) is 1. The van der Waals surface area contributed by atoms with Crippen molar-refractivity contribution in [2.75, 3.05) is 13.1 Å². The minimum Gasteiger partial charge on any atom is -0.360 e. The predicted molar refractivity (Wildman–Crippen MR) is 103 cm³/mol. The zero-order valence-electron chi connectivity index (χ0n) is 14.0. The van der Waals surface area contributed by atoms with Crippen molar-refractivity contribution in [3.05, 3.63) is 71.8 Å². The highest BCUT2D eigenvalue weighted by atomic mass is 32.1. The van der Waals surface area contributed by atoms with E-state index in [0.29, 0.717) is 6.04 Å². The molecule has 0 aliphatic carbocycles. The van der Waals surface area contributed by atoms with Gasteiger partial charge in [0.1, 0.15) is 0 Å². The van der Waals surface area contributed by atoms with Gasteiger partial charge in [0.15, 0.2) is 5.11 Å². The molecule has 0 heterocycles.